The summed E-state index contributed by atoms with van der Waals surface area (Å²) < 4.78 is 5.30. The summed E-state index contributed by atoms with van der Waals surface area (Å²) in [4.78, 5) is 11.4. The molecule has 0 aliphatic carbocycles. The van der Waals surface area contributed by atoms with E-state index in [0.29, 0.717) is 11.7 Å². The molecule has 0 unspecified atom stereocenters. The first-order chi connectivity index (χ1) is 8.16. The van der Waals surface area contributed by atoms with E-state index < -0.39 is 6.04 Å². The lowest BCUT2D eigenvalue weighted by Gasteiger charge is -2.20. The molecular formula is C11H18N4O2. The Balaban J connectivity index is 1.97. The van der Waals surface area contributed by atoms with Crippen LogP contribution in [0.15, 0.2) is 6.07 Å². The van der Waals surface area contributed by atoms with Gasteiger partial charge in [-0.3, -0.25) is 9.89 Å². The Kier molecular flexibility index (Phi) is 3.75. The molecule has 2 heterocycles. The fraction of sp³-hybridized carbons (Fsp3) is 0.636. The molecule has 1 aliphatic rings. The Hall–Kier alpha value is -1.40. The third-order valence-corrected chi connectivity index (χ3v) is 2.92. The van der Waals surface area contributed by atoms with E-state index in [1.54, 1.807) is 6.92 Å². The van der Waals surface area contributed by atoms with Gasteiger partial charge in [0, 0.05) is 30.9 Å². The fourth-order valence-corrected chi connectivity index (χ4v) is 1.86. The lowest BCUT2D eigenvalue weighted by Crippen LogP contribution is -2.32. The zero-order valence-corrected chi connectivity index (χ0v) is 9.90. The van der Waals surface area contributed by atoms with Crippen molar-refractivity contribution in [2.24, 2.45) is 5.73 Å². The molecule has 1 aromatic rings. The lowest BCUT2D eigenvalue weighted by atomic mass is 9.97. The van der Waals surface area contributed by atoms with Crippen LogP contribution in [0.3, 0.4) is 0 Å². The van der Waals surface area contributed by atoms with Gasteiger partial charge < -0.3 is 15.8 Å². The Bertz CT molecular complexity index is 383. The first-order valence-corrected chi connectivity index (χ1v) is 5.86. The number of rotatable bonds is 3. The van der Waals surface area contributed by atoms with Crippen LogP contribution in [-0.2, 0) is 9.53 Å². The standard InChI is InChI=1S/C11H18N4O2/c1-7(12)11(16)13-10-6-9(14-15-10)8-2-4-17-5-3-8/h6-8H,2-5,12H2,1H3,(H2,13,14,15,16)/t7-/m1/s1. The van der Waals surface area contributed by atoms with Gasteiger partial charge in [0.15, 0.2) is 5.82 Å². The van der Waals surface area contributed by atoms with E-state index >= 15 is 0 Å². The average molecular weight is 238 g/mol. The van der Waals surface area contributed by atoms with Crippen LogP contribution in [0.2, 0.25) is 0 Å². The van der Waals surface area contributed by atoms with Gasteiger partial charge in [-0.1, -0.05) is 0 Å². The summed E-state index contributed by atoms with van der Waals surface area (Å²) >= 11 is 0. The SMILES string of the molecule is C[C@@H](N)C(=O)Nc1cc(C2CCOCC2)[nH]n1. The number of nitrogens with zero attached hydrogens (tertiary/aromatic N) is 1. The molecular weight excluding hydrogens is 220 g/mol. The minimum atomic E-state index is -0.529. The summed E-state index contributed by atoms with van der Waals surface area (Å²) in [5.74, 6) is 0.751. The molecule has 1 atom stereocenters. The molecule has 1 aromatic heterocycles. The number of nitrogens with two attached hydrogens (primary N) is 1. The number of H-pyrrole nitrogens is 1. The lowest BCUT2D eigenvalue weighted by molar-refractivity contribution is -0.117. The quantitative estimate of drug-likeness (QED) is 0.718. The molecule has 1 saturated heterocycles. The van der Waals surface area contributed by atoms with Crippen LogP contribution in [0.5, 0.6) is 0 Å². The number of ether oxygens (including phenoxy) is 1. The van der Waals surface area contributed by atoms with Crippen molar-refractivity contribution < 1.29 is 9.53 Å². The Morgan fingerprint density at radius 1 is 1.65 bits per heavy atom. The molecule has 0 spiro atoms. The number of hydrogen-bond acceptors (Lipinski definition) is 4. The summed E-state index contributed by atoms with van der Waals surface area (Å²) in [7, 11) is 0. The van der Waals surface area contributed by atoms with Crippen LogP contribution in [-0.4, -0.2) is 35.4 Å². The Labute approximate surface area is 99.9 Å². The summed E-state index contributed by atoms with van der Waals surface area (Å²) in [6.07, 6.45) is 1.98. The zero-order valence-electron chi connectivity index (χ0n) is 9.90. The maximum absolute atomic E-state index is 11.4. The van der Waals surface area contributed by atoms with E-state index in [1.807, 2.05) is 6.07 Å². The molecule has 1 aliphatic heterocycles. The minimum Gasteiger partial charge on any atom is -0.381 e. The summed E-state index contributed by atoms with van der Waals surface area (Å²) in [6.45, 7) is 3.21. The predicted octanol–water partition coefficient (Wildman–Crippen LogP) is 0.589. The average Bonchev–Trinajstić information content (AvgIpc) is 2.78. The molecule has 0 radical (unpaired) electrons. The van der Waals surface area contributed by atoms with Crippen LogP contribution in [0, 0.1) is 0 Å². The molecule has 4 N–H and O–H groups in total. The fourth-order valence-electron chi connectivity index (χ4n) is 1.86. The molecule has 1 fully saturated rings. The van der Waals surface area contributed by atoms with E-state index in [-0.39, 0.29) is 5.91 Å². The maximum Gasteiger partial charge on any atom is 0.242 e. The normalized spacial score (nSPS) is 18.9. The van der Waals surface area contributed by atoms with E-state index in [1.165, 1.54) is 0 Å². The molecule has 0 aromatic carbocycles. The molecule has 0 bridgehead atoms. The van der Waals surface area contributed by atoms with Gasteiger partial charge in [-0.05, 0) is 19.8 Å². The molecule has 0 saturated carbocycles. The number of hydrogen-bond donors (Lipinski definition) is 3. The Morgan fingerprint density at radius 2 is 2.35 bits per heavy atom. The third-order valence-electron chi connectivity index (χ3n) is 2.92. The highest BCUT2D eigenvalue weighted by molar-refractivity contribution is 5.93. The highest BCUT2D eigenvalue weighted by Gasteiger charge is 2.18. The van der Waals surface area contributed by atoms with Crippen molar-refractivity contribution in [2.45, 2.75) is 31.7 Å². The van der Waals surface area contributed by atoms with E-state index in [0.717, 1.165) is 31.7 Å². The summed E-state index contributed by atoms with van der Waals surface area (Å²) in [6, 6.07) is 1.34. The molecule has 6 nitrogen and oxygen atoms in total. The summed E-state index contributed by atoms with van der Waals surface area (Å²) in [5.41, 5.74) is 6.52. The number of carbonyl (C=O) groups excluding carboxylic acids is 1. The molecule has 1 amide bonds. The number of nitrogens with one attached hydrogen (secondary N) is 2. The topological polar surface area (TPSA) is 93.0 Å². The number of aromatic nitrogens is 2. The zero-order chi connectivity index (χ0) is 12.3. The highest BCUT2D eigenvalue weighted by Crippen LogP contribution is 2.26. The van der Waals surface area contributed by atoms with Gasteiger partial charge in [0.2, 0.25) is 5.91 Å². The van der Waals surface area contributed by atoms with Crippen LogP contribution in [0.25, 0.3) is 0 Å². The predicted molar refractivity (Wildman–Crippen MR) is 63.7 cm³/mol. The summed E-state index contributed by atoms with van der Waals surface area (Å²) in [5, 5.41) is 9.68. The first-order valence-electron chi connectivity index (χ1n) is 5.86. The van der Waals surface area contributed by atoms with E-state index in [9.17, 15) is 4.79 Å². The van der Waals surface area contributed by atoms with Crippen LogP contribution in [0.4, 0.5) is 5.82 Å². The van der Waals surface area contributed by atoms with Gasteiger partial charge in [-0.15, -0.1) is 0 Å². The van der Waals surface area contributed by atoms with Gasteiger partial charge in [0.05, 0.1) is 6.04 Å². The minimum absolute atomic E-state index is 0.227. The van der Waals surface area contributed by atoms with E-state index in [2.05, 4.69) is 15.5 Å². The molecule has 94 valence electrons. The van der Waals surface area contributed by atoms with Crippen LogP contribution < -0.4 is 11.1 Å². The van der Waals surface area contributed by atoms with Gasteiger partial charge in [-0.25, -0.2) is 0 Å². The van der Waals surface area contributed by atoms with E-state index in [4.69, 9.17) is 10.5 Å². The van der Waals surface area contributed by atoms with Crippen molar-refractivity contribution in [3.05, 3.63) is 11.8 Å². The largest absolute Gasteiger partial charge is 0.381 e. The number of aromatic amines is 1. The third kappa shape index (κ3) is 3.04. The van der Waals surface area contributed by atoms with Gasteiger partial charge in [0.1, 0.15) is 0 Å². The van der Waals surface area contributed by atoms with Gasteiger partial charge in [0.25, 0.3) is 0 Å². The maximum atomic E-state index is 11.4. The van der Waals surface area contributed by atoms with Crippen molar-refractivity contribution in [2.75, 3.05) is 18.5 Å². The van der Waals surface area contributed by atoms with Gasteiger partial charge >= 0.3 is 0 Å². The second kappa shape index (κ2) is 5.29. The molecule has 17 heavy (non-hydrogen) atoms. The molecule has 2 rings (SSSR count). The second-order valence-corrected chi connectivity index (χ2v) is 4.37. The Morgan fingerprint density at radius 3 is 3.00 bits per heavy atom. The highest BCUT2D eigenvalue weighted by atomic mass is 16.5. The van der Waals surface area contributed by atoms with Crippen LogP contribution in [0.1, 0.15) is 31.4 Å². The first kappa shape index (κ1) is 12.1. The van der Waals surface area contributed by atoms with Crippen molar-refractivity contribution in [3.8, 4) is 0 Å². The number of anilines is 1. The molecule has 6 heteroatoms. The number of carbonyl (C=O) groups is 1. The monoisotopic (exact) mass is 238 g/mol. The van der Waals surface area contributed by atoms with Crippen LogP contribution >= 0.6 is 0 Å². The van der Waals surface area contributed by atoms with Crippen molar-refractivity contribution in [1.82, 2.24) is 10.2 Å². The number of amides is 1. The smallest absolute Gasteiger partial charge is 0.242 e. The van der Waals surface area contributed by atoms with Crippen molar-refractivity contribution in [3.63, 3.8) is 0 Å². The second-order valence-electron chi connectivity index (χ2n) is 4.37. The van der Waals surface area contributed by atoms with Crippen molar-refractivity contribution in [1.29, 1.82) is 0 Å². The van der Waals surface area contributed by atoms with Crippen molar-refractivity contribution >= 4 is 11.7 Å². The van der Waals surface area contributed by atoms with Gasteiger partial charge in [-0.2, -0.15) is 5.10 Å².